The van der Waals surface area contributed by atoms with E-state index in [2.05, 4.69) is 31.3 Å². The smallest absolute Gasteiger partial charge is 0.249 e. The summed E-state index contributed by atoms with van der Waals surface area (Å²) in [6.07, 6.45) is 41.4. The molecule has 1 heterocycles. The Bertz CT molecular complexity index is 1100. The number of aliphatic hydroxyl groups is 7. The lowest BCUT2D eigenvalue weighted by Gasteiger charge is -2.40. The molecule has 0 spiro atoms. The quantitative estimate of drug-likeness (QED) is 0.0215. The second kappa shape index (κ2) is 46.0. The van der Waals surface area contributed by atoms with Gasteiger partial charge in [-0.1, -0.05) is 244 Å². The van der Waals surface area contributed by atoms with E-state index in [1.807, 2.05) is 0 Å². The number of aliphatic hydroxyl groups excluding tert-OH is 7. The molecule has 1 aliphatic heterocycles. The van der Waals surface area contributed by atoms with Crippen molar-refractivity contribution < 1.29 is 50.0 Å². The van der Waals surface area contributed by atoms with Crippen LogP contribution in [0.5, 0.6) is 0 Å². The van der Waals surface area contributed by atoms with Crippen LogP contribution in [0.2, 0.25) is 0 Å². The molecular formula is C56H109NO10. The molecule has 9 unspecified atom stereocenters. The van der Waals surface area contributed by atoms with Gasteiger partial charge < -0.3 is 50.5 Å². The SMILES string of the molecule is CCCCCCCC/C=C\CCCCC(O)C(=O)NC(COC1OC(CO)C(O)C(O)C1O)C(O)C(O)CCCCCCCCCCCCCCCCCCCCCCCCCCCCCC. The van der Waals surface area contributed by atoms with Gasteiger partial charge in [0, 0.05) is 0 Å². The summed E-state index contributed by atoms with van der Waals surface area (Å²) < 4.78 is 11.1. The molecule has 1 fully saturated rings. The van der Waals surface area contributed by atoms with Crippen LogP contribution in [0.3, 0.4) is 0 Å². The fraction of sp³-hybridized carbons (Fsp3) is 0.946. The van der Waals surface area contributed by atoms with Crippen molar-refractivity contribution in [2.75, 3.05) is 13.2 Å². The van der Waals surface area contributed by atoms with Crippen LogP contribution in [0.1, 0.15) is 271 Å². The second-order valence-corrected chi connectivity index (χ2v) is 20.4. The number of carbonyl (C=O) groups is 1. The number of unbranched alkanes of at least 4 members (excludes halogenated alkanes) is 35. The van der Waals surface area contributed by atoms with E-state index < -0.39 is 74.2 Å². The summed E-state index contributed by atoms with van der Waals surface area (Å²) in [5.74, 6) is -0.710. The van der Waals surface area contributed by atoms with Crippen molar-refractivity contribution in [2.45, 2.75) is 326 Å². The molecule has 0 aromatic rings. The molecule has 0 radical (unpaired) electrons. The summed E-state index contributed by atoms with van der Waals surface area (Å²) in [5, 5.41) is 75.9. The zero-order valence-electron chi connectivity index (χ0n) is 43.4. The van der Waals surface area contributed by atoms with E-state index in [1.165, 1.54) is 193 Å². The number of hydrogen-bond donors (Lipinski definition) is 8. The van der Waals surface area contributed by atoms with Crippen molar-refractivity contribution in [1.82, 2.24) is 5.32 Å². The summed E-state index contributed by atoms with van der Waals surface area (Å²) >= 11 is 0. The second-order valence-electron chi connectivity index (χ2n) is 20.4. The molecular weight excluding hydrogens is 847 g/mol. The third-order valence-electron chi connectivity index (χ3n) is 14.1. The van der Waals surface area contributed by atoms with Gasteiger partial charge in [0.05, 0.1) is 25.4 Å². The molecule has 67 heavy (non-hydrogen) atoms. The van der Waals surface area contributed by atoms with Gasteiger partial charge in [0.25, 0.3) is 0 Å². The number of nitrogens with one attached hydrogen (secondary N) is 1. The lowest BCUT2D eigenvalue weighted by atomic mass is 9.98. The molecule has 9 atom stereocenters. The molecule has 0 bridgehead atoms. The number of carbonyl (C=O) groups excluding carboxylic acids is 1. The van der Waals surface area contributed by atoms with E-state index >= 15 is 0 Å². The van der Waals surface area contributed by atoms with Gasteiger partial charge in [-0.25, -0.2) is 0 Å². The highest BCUT2D eigenvalue weighted by atomic mass is 16.7. The first-order chi connectivity index (χ1) is 32.7. The van der Waals surface area contributed by atoms with E-state index in [9.17, 15) is 40.5 Å². The number of hydrogen-bond acceptors (Lipinski definition) is 10. The van der Waals surface area contributed by atoms with E-state index in [0.717, 1.165) is 38.5 Å². The van der Waals surface area contributed by atoms with Crippen LogP contribution < -0.4 is 5.32 Å². The first-order valence-corrected chi connectivity index (χ1v) is 28.6. The van der Waals surface area contributed by atoms with Crippen molar-refractivity contribution in [1.29, 1.82) is 0 Å². The van der Waals surface area contributed by atoms with Crippen LogP contribution in [0, 0.1) is 0 Å². The largest absolute Gasteiger partial charge is 0.394 e. The maximum atomic E-state index is 13.1. The Balaban J connectivity index is 2.24. The summed E-state index contributed by atoms with van der Waals surface area (Å²) in [5.41, 5.74) is 0. The molecule has 398 valence electrons. The molecule has 0 aliphatic carbocycles. The maximum Gasteiger partial charge on any atom is 0.249 e. The molecule has 1 saturated heterocycles. The first kappa shape index (κ1) is 63.9. The van der Waals surface area contributed by atoms with Crippen molar-refractivity contribution >= 4 is 5.91 Å². The highest BCUT2D eigenvalue weighted by Crippen LogP contribution is 2.23. The molecule has 0 aromatic heterocycles. The van der Waals surface area contributed by atoms with Gasteiger partial charge in [0.15, 0.2) is 6.29 Å². The summed E-state index contributed by atoms with van der Waals surface area (Å²) in [4.78, 5) is 13.1. The summed E-state index contributed by atoms with van der Waals surface area (Å²) in [7, 11) is 0. The average molecular weight is 956 g/mol. The van der Waals surface area contributed by atoms with Gasteiger partial charge >= 0.3 is 0 Å². The van der Waals surface area contributed by atoms with Gasteiger partial charge in [0.2, 0.25) is 5.91 Å². The van der Waals surface area contributed by atoms with Gasteiger partial charge in [-0.05, 0) is 38.5 Å². The van der Waals surface area contributed by atoms with E-state index in [1.54, 1.807) is 0 Å². The van der Waals surface area contributed by atoms with Crippen molar-refractivity contribution in [3.63, 3.8) is 0 Å². The highest BCUT2D eigenvalue weighted by Gasteiger charge is 2.44. The summed E-state index contributed by atoms with van der Waals surface area (Å²) in [6.45, 7) is 3.45. The summed E-state index contributed by atoms with van der Waals surface area (Å²) in [6, 6.07) is -1.17. The number of allylic oxidation sites excluding steroid dienone is 2. The topological polar surface area (TPSA) is 189 Å². The Labute approximate surface area is 411 Å². The van der Waals surface area contributed by atoms with E-state index in [4.69, 9.17) is 9.47 Å². The molecule has 8 N–H and O–H groups in total. The van der Waals surface area contributed by atoms with E-state index in [-0.39, 0.29) is 6.42 Å². The van der Waals surface area contributed by atoms with Gasteiger partial charge in [-0.2, -0.15) is 0 Å². The molecule has 0 aromatic carbocycles. The predicted octanol–water partition coefficient (Wildman–Crippen LogP) is 11.6. The molecule has 0 saturated carbocycles. The van der Waals surface area contributed by atoms with Crippen molar-refractivity contribution in [2.24, 2.45) is 0 Å². The molecule has 1 amide bonds. The average Bonchev–Trinajstić information content (AvgIpc) is 3.33. The maximum absolute atomic E-state index is 13.1. The minimum atomic E-state index is -1.66. The third kappa shape index (κ3) is 34.8. The van der Waals surface area contributed by atoms with Crippen LogP contribution in [0.15, 0.2) is 12.2 Å². The predicted molar refractivity (Wildman–Crippen MR) is 275 cm³/mol. The molecule has 11 nitrogen and oxygen atoms in total. The Kier molecular flexibility index (Phi) is 43.8. The molecule has 11 heteroatoms. The van der Waals surface area contributed by atoms with Gasteiger partial charge in [0.1, 0.15) is 36.6 Å². The number of amides is 1. The Morgan fingerprint density at radius 1 is 0.507 bits per heavy atom. The lowest BCUT2D eigenvalue weighted by Crippen LogP contribution is -2.60. The number of rotatable bonds is 49. The Hall–Kier alpha value is -1.15. The van der Waals surface area contributed by atoms with Crippen LogP contribution in [0.25, 0.3) is 0 Å². The zero-order chi connectivity index (χ0) is 49.0. The first-order valence-electron chi connectivity index (χ1n) is 28.6. The lowest BCUT2D eigenvalue weighted by molar-refractivity contribution is -0.303. The van der Waals surface area contributed by atoms with Gasteiger partial charge in [-0.15, -0.1) is 0 Å². The molecule has 1 rings (SSSR count). The van der Waals surface area contributed by atoms with Crippen molar-refractivity contribution in [3.05, 3.63) is 12.2 Å². The minimum Gasteiger partial charge on any atom is -0.394 e. The fourth-order valence-corrected chi connectivity index (χ4v) is 9.38. The van der Waals surface area contributed by atoms with Crippen LogP contribution in [-0.4, -0.2) is 110 Å². The monoisotopic (exact) mass is 956 g/mol. The fourth-order valence-electron chi connectivity index (χ4n) is 9.38. The highest BCUT2D eigenvalue weighted by molar-refractivity contribution is 5.80. The normalized spacial score (nSPS) is 20.6. The number of ether oxygens (including phenoxy) is 2. The van der Waals surface area contributed by atoms with Crippen LogP contribution >= 0.6 is 0 Å². The Morgan fingerprint density at radius 3 is 1.27 bits per heavy atom. The third-order valence-corrected chi connectivity index (χ3v) is 14.1. The van der Waals surface area contributed by atoms with Gasteiger partial charge in [-0.3, -0.25) is 4.79 Å². The van der Waals surface area contributed by atoms with Crippen LogP contribution in [0.4, 0.5) is 0 Å². The zero-order valence-corrected chi connectivity index (χ0v) is 43.4. The Morgan fingerprint density at radius 2 is 0.866 bits per heavy atom. The van der Waals surface area contributed by atoms with Crippen LogP contribution in [-0.2, 0) is 14.3 Å². The molecule has 1 aliphatic rings. The van der Waals surface area contributed by atoms with E-state index in [0.29, 0.717) is 19.3 Å². The van der Waals surface area contributed by atoms with Crippen molar-refractivity contribution in [3.8, 4) is 0 Å². The minimum absolute atomic E-state index is 0.232. The standard InChI is InChI=1S/C56H109NO10/c1-3-5-7-9-11-13-15-17-18-19-20-21-22-23-24-25-26-27-28-29-30-31-32-34-35-37-39-41-43-48(59)51(61)47(46-66-56-54(64)53(63)52(62)50(45-58)67-56)57-55(65)49(60)44-42-40-38-36-33-16-14-12-10-8-6-4-2/h33,36,47-54,56,58-64H,3-32,34-35,37-46H2,1-2H3,(H,57,65)/b36-33-.